The molecule has 0 spiro atoms. The Morgan fingerprint density at radius 2 is 2.04 bits per heavy atom. The van der Waals surface area contributed by atoms with Crippen molar-refractivity contribution < 1.29 is 4.74 Å². The third-order valence-corrected chi connectivity index (χ3v) is 5.25. The van der Waals surface area contributed by atoms with Crippen LogP contribution in [0.5, 0.6) is 5.75 Å². The van der Waals surface area contributed by atoms with Gasteiger partial charge >= 0.3 is 0 Å². The second-order valence-electron chi connectivity index (χ2n) is 7.26. The van der Waals surface area contributed by atoms with Crippen molar-refractivity contribution in [1.29, 1.82) is 0 Å². The van der Waals surface area contributed by atoms with Crippen LogP contribution in [0.2, 0.25) is 0 Å². The Bertz CT molecular complexity index is 610. The Kier molecular flexibility index (Phi) is 6.74. The molecule has 3 saturated heterocycles. The Hall–Kier alpha value is -1.79. The molecule has 2 bridgehead atoms. The lowest BCUT2D eigenvalue weighted by molar-refractivity contribution is 0.0154. The van der Waals surface area contributed by atoms with Gasteiger partial charge in [-0.1, -0.05) is 19.1 Å². The number of rotatable bonds is 7. The van der Waals surface area contributed by atoms with Gasteiger partial charge in [-0.15, -0.1) is 0 Å². The summed E-state index contributed by atoms with van der Waals surface area (Å²) in [6.45, 7) is 12.6. The van der Waals surface area contributed by atoms with Crippen LogP contribution in [0, 0.1) is 6.92 Å². The van der Waals surface area contributed by atoms with E-state index in [4.69, 9.17) is 4.74 Å². The Morgan fingerprint density at radius 1 is 1.23 bits per heavy atom. The molecule has 0 aliphatic carbocycles. The molecule has 1 atom stereocenters. The number of hydrogen-bond acceptors (Lipinski definition) is 4. The predicted octanol–water partition coefficient (Wildman–Crippen LogP) is 1.45. The second kappa shape index (κ2) is 9.24. The molecule has 26 heavy (non-hydrogen) atoms. The number of aryl methyl sites for hydroxylation is 1. The van der Waals surface area contributed by atoms with E-state index in [1.165, 1.54) is 37.3 Å². The normalized spacial score (nSPS) is 25.2. The minimum Gasteiger partial charge on any atom is -0.493 e. The molecule has 1 aromatic carbocycles. The van der Waals surface area contributed by atoms with Crippen LogP contribution < -0.4 is 15.4 Å². The molecule has 3 fully saturated rings. The van der Waals surface area contributed by atoms with Crippen LogP contribution in [-0.4, -0.2) is 74.7 Å². The van der Waals surface area contributed by atoms with Crippen LogP contribution in [0.1, 0.15) is 24.5 Å². The van der Waals surface area contributed by atoms with Crippen LogP contribution in [0.25, 0.3) is 0 Å². The zero-order chi connectivity index (χ0) is 18.4. The highest BCUT2D eigenvalue weighted by atomic mass is 16.5. The van der Waals surface area contributed by atoms with Gasteiger partial charge in [0.1, 0.15) is 5.75 Å². The number of aliphatic imine (C=N–C) groups is 1. The molecule has 4 rings (SSSR count). The first-order valence-corrected chi connectivity index (χ1v) is 9.83. The molecule has 0 aromatic heterocycles. The lowest BCUT2D eigenvalue weighted by atomic mass is 10.1. The molecule has 1 unspecified atom stereocenters. The number of fused-ring (bicyclic) bond motifs is 3. The molecule has 3 heterocycles. The number of ether oxygens (including phenoxy) is 1. The van der Waals surface area contributed by atoms with Gasteiger partial charge < -0.3 is 15.4 Å². The molecule has 144 valence electrons. The van der Waals surface area contributed by atoms with Gasteiger partial charge in [-0.2, -0.15) is 0 Å². The third kappa shape index (κ3) is 4.89. The summed E-state index contributed by atoms with van der Waals surface area (Å²) in [4.78, 5) is 9.54. The topological polar surface area (TPSA) is 52.1 Å². The van der Waals surface area contributed by atoms with E-state index >= 15 is 0 Å². The molecule has 6 nitrogen and oxygen atoms in total. The monoisotopic (exact) mass is 359 g/mol. The Morgan fingerprint density at radius 3 is 2.69 bits per heavy atom. The predicted molar refractivity (Wildman–Crippen MR) is 107 cm³/mol. The minimum absolute atomic E-state index is 0.582. The zero-order valence-electron chi connectivity index (χ0n) is 16.4. The Balaban J connectivity index is 1.51. The van der Waals surface area contributed by atoms with E-state index in [1.54, 1.807) is 0 Å². The van der Waals surface area contributed by atoms with E-state index in [-0.39, 0.29) is 0 Å². The van der Waals surface area contributed by atoms with Crippen LogP contribution in [0.15, 0.2) is 23.2 Å². The summed E-state index contributed by atoms with van der Waals surface area (Å²) in [5.74, 6) is 1.82. The maximum Gasteiger partial charge on any atom is 0.191 e. The number of nitrogens with one attached hydrogen (secondary N) is 2. The molecular weight excluding hydrogens is 326 g/mol. The summed E-state index contributed by atoms with van der Waals surface area (Å²) >= 11 is 0. The fraction of sp³-hybridized carbons (Fsp3) is 0.650. The molecule has 0 radical (unpaired) electrons. The molecule has 1 aromatic rings. The highest BCUT2D eigenvalue weighted by Crippen LogP contribution is 2.20. The van der Waals surface area contributed by atoms with E-state index < -0.39 is 0 Å². The highest BCUT2D eigenvalue weighted by molar-refractivity contribution is 5.79. The quantitative estimate of drug-likeness (QED) is 0.570. The average molecular weight is 360 g/mol. The summed E-state index contributed by atoms with van der Waals surface area (Å²) < 4.78 is 5.91. The van der Waals surface area contributed by atoms with Gasteiger partial charge in [0.15, 0.2) is 5.96 Å². The maximum atomic E-state index is 5.91. The van der Waals surface area contributed by atoms with Crippen molar-refractivity contribution in [3.05, 3.63) is 29.3 Å². The van der Waals surface area contributed by atoms with Crippen molar-refractivity contribution in [2.75, 3.05) is 52.9 Å². The highest BCUT2D eigenvalue weighted by Gasteiger charge is 2.31. The number of piperazine rings is 3. The summed E-state index contributed by atoms with van der Waals surface area (Å²) in [6, 6.07) is 6.97. The first-order valence-electron chi connectivity index (χ1n) is 9.83. The third-order valence-electron chi connectivity index (χ3n) is 5.25. The molecule has 0 saturated carbocycles. The molecule has 0 amide bonds. The SMILES string of the molecule is CCCOc1cc(C)ccc1CNC(=NC)NCC1CN2CCN1CC2. The molecule has 2 N–H and O–H groups in total. The lowest BCUT2D eigenvalue weighted by Gasteiger charge is -2.47. The fourth-order valence-corrected chi connectivity index (χ4v) is 3.69. The van der Waals surface area contributed by atoms with Crippen molar-refractivity contribution in [2.24, 2.45) is 4.99 Å². The van der Waals surface area contributed by atoms with Gasteiger partial charge in [-0.3, -0.25) is 14.8 Å². The number of nitrogens with zero attached hydrogens (tertiary/aromatic N) is 3. The van der Waals surface area contributed by atoms with Gasteiger partial charge in [-0.25, -0.2) is 0 Å². The molecule has 3 aliphatic heterocycles. The maximum absolute atomic E-state index is 5.91. The first kappa shape index (κ1) is 19.0. The van der Waals surface area contributed by atoms with Crippen LogP contribution in [-0.2, 0) is 6.54 Å². The van der Waals surface area contributed by atoms with E-state index in [1.807, 2.05) is 7.05 Å². The number of guanidine groups is 1. The standard InChI is InChI=1S/C20H33N5O/c1-4-11-26-19-12-16(2)5-6-17(19)13-22-20(21-3)23-14-18-15-24-7-9-25(18)10-8-24/h5-6,12,18H,4,7-11,13-15H2,1-3H3,(H2,21,22,23). The number of benzene rings is 1. The minimum atomic E-state index is 0.582. The van der Waals surface area contributed by atoms with Gasteiger partial charge in [-0.05, 0) is 25.0 Å². The van der Waals surface area contributed by atoms with E-state index in [9.17, 15) is 0 Å². The van der Waals surface area contributed by atoms with E-state index in [0.29, 0.717) is 12.6 Å². The summed E-state index contributed by atoms with van der Waals surface area (Å²) in [5.41, 5.74) is 2.39. The van der Waals surface area contributed by atoms with Crippen molar-refractivity contribution in [3.8, 4) is 5.75 Å². The molecular formula is C20H33N5O. The van der Waals surface area contributed by atoms with Crippen molar-refractivity contribution >= 4 is 5.96 Å². The summed E-state index contributed by atoms with van der Waals surface area (Å²) in [6.07, 6.45) is 1.01. The van der Waals surface area contributed by atoms with Crippen LogP contribution >= 0.6 is 0 Å². The van der Waals surface area contributed by atoms with Gasteiger partial charge in [0.05, 0.1) is 6.61 Å². The number of hydrogen-bond donors (Lipinski definition) is 2. The van der Waals surface area contributed by atoms with Gasteiger partial charge in [0, 0.05) is 64.5 Å². The summed E-state index contributed by atoms with van der Waals surface area (Å²) in [7, 11) is 1.83. The smallest absolute Gasteiger partial charge is 0.191 e. The van der Waals surface area contributed by atoms with Gasteiger partial charge in [0.25, 0.3) is 0 Å². The zero-order valence-corrected chi connectivity index (χ0v) is 16.4. The van der Waals surface area contributed by atoms with Crippen LogP contribution in [0.3, 0.4) is 0 Å². The van der Waals surface area contributed by atoms with E-state index in [2.05, 4.69) is 57.5 Å². The van der Waals surface area contributed by atoms with Crippen molar-refractivity contribution in [3.63, 3.8) is 0 Å². The molecule has 3 aliphatic rings. The molecule has 6 heteroatoms. The second-order valence-corrected chi connectivity index (χ2v) is 7.26. The van der Waals surface area contributed by atoms with E-state index in [0.717, 1.165) is 37.8 Å². The van der Waals surface area contributed by atoms with Crippen LogP contribution in [0.4, 0.5) is 0 Å². The fourth-order valence-electron chi connectivity index (χ4n) is 3.69. The van der Waals surface area contributed by atoms with Crippen molar-refractivity contribution in [1.82, 2.24) is 20.4 Å². The lowest BCUT2D eigenvalue weighted by Crippen LogP contribution is -2.63. The van der Waals surface area contributed by atoms with Gasteiger partial charge in [0.2, 0.25) is 0 Å². The summed E-state index contributed by atoms with van der Waals surface area (Å²) in [5, 5.41) is 6.93. The Labute approximate surface area is 157 Å². The largest absolute Gasteiger partial charge is 0.493 e. The van der Waals surface area contributed by atoms with Crippen molar-refractivity contribution in [2.45, 2.75) is 32.9 Å². The average Bonchev–Trinajstić information content (AvgIpc) is 2.68. The first-order chi connectivity index (χ1) is 12.7.